The number of benzene rings is 1. The van der Waals surface area contributed by atoms with E-state index >= 15 is 0 Å². The molecule has 2 aliphatic rings. The molecule has 2 heterocycles. The van der Waals surface area contributed by atoms with Gasteiger partial charge in [0.05, 0.1) is 18.1 Å². The summed E-state index contributed by atoms with van der Waals surface area (Å²) in [6, 6.07) is 4.40. The van der Waals surface area contributed by atoms with Gasteiger partial charge in [-0.15, -0.1) is 0 Å². The highest BCUT2D eigenvalue weighted by Gasteiger charge is 2.33. The van der Waals surface area contributed by atoms with Gasteiger partial charge in [-0.25, -0.2) is 12.8 Å². The van der Waals surface area contributed by atoms with E-state index in [1.165, 1.54) is 16.4 Å². The van der Waals surface area contributed by atoms with Crippen molar-refractivity contribution in [1.29, 1.82) is 0 Å². The van der Waals surface area contributed by atoms with E-state index in [9.17, 15) is 17.6 Å². The number of nitrogens with zero attached hydrogens (tertiary/aromatic N) is 2. The number of carbonyl (C=O) groups is 1. The monoisotopic (exact) mass is 357 g/mol. The minimum Gasteiger partial charge on any atom is -0.378 e. The van der Waals surface area contributed by atoms with Gasteiger partial charge in [0.25, 0.3) is 0 Å². The molecule has 1 amide bonds. The normalized spacial score (nSPS) is 23.2. The minimum atomic E-state index is -3.66. The highest BCUT2D eigenvalue weighted by Crippen LogP contribution is 2.18. The molecule has 2 aliphatic heterocycles. The molecule has 7 nitrogen and oxygen atoms in total. The Labute approximate surface area is 140 Å². The van der Waals surface area contributed by atoms with Gasteiger partial charge in [-0.1, -0.05) is 0 Å². The van der Waals surface area contributed by atoms with Crippen molar-refractivity contribution in [2.24, 2.45) is 0 Å². The lowest BCUT2D eigenvalue weighted by Gasteiger charge is -2.36. The maximum absolute atomic E-state index is 13.0. The van der Waals surface area contributed by atoms with Gasteiger partial charge < -0.3 is 15.0 Å². The second-order valence-electron chi connectivity index (χ2n) is 5.76. The number of ether oxygens (including phenoxy) is 1. The molecule has 1 unspecified atom stereocenters. The Morgan fingerprint density at radius 1 is 1.17 bits per heavy atom. The lowest BCUT2D eigenvalue weighted by atomic mass is 10.2. The van der Waals surface area contributed by atoms with Crippen molar-refractivity contribution in [1.82, 2.24) is 14.5 Å². The van der Waals surface area contributed by atoms with Crippen molar-refractivity contribution < 1.29 is 22.3 Å². The van der Waals surface area contributed by atoms with Crippen molar-refractivity contribution >= 4 is 15.9 Å². The van der Waals surface area contributed by atoms with E-state index in [0.29, 0.717) is 32.8 Å². The zero-order chi connectivity index (χ0) is 17.2. The summed E-state index contributed by atoms with van der Waals surface area (Å²) in [5.74, 6) is -0.542. The third-order valence-electron chi connectivity index (χ3n) is 4.22. The van der Waals surface area contributed by atoms with Crippen LogP contribution in [0.2, 0.25) is 0 Å². The lowest BCUT2D eigenvalue weighted by molar-refractivity contribution is -0.137. The van der Waals surface area contributed by atoms with Crippen LogP contribution in [0.4, 0.5) is 4.39 Å². The number of piperazine rings is 1. The van der Waals surface area contributed by atoms with E-state index in [1.54, 1.807) is 4.90 Å². The molecule has 0 spiro atoms. The third kappa shape index (κ3) is 3.59. The first-order chi connectivity index (χ1) is 11.5. The fourth-order valence-electron chi connectivity index (χ4n) is 2.85. The van der Waals surface area contributed by atoms with Crippen LogP contribution in [0.15, 0.2) is 29.2 Å². The number of hydrogen-bond donors (Lipinski definition) is 1. The summed E-state index contributed by atoms with van der Waals surface area (Å²) in [7, 11) is -3.66. The van der Waals surface area contributed by atoms with Gasteiger partial charge in [0.15, 0.2) is 0 Å². The summed E-state index contributed by atoms with van der Waals surface area (Å²) >= 11 is 0. The Morgan fingerprint density at radius 2 is 1.83 bits per heavy atom. The quantitative estimate of drug-likeness (QED) is 0.800. The molecule has 132 valence electrons. The predicted octanol–water partition coefficient (Wildman–Crippen LogP) is -0.353. The Balaban J connectivity index is 1.62. The second-order valence-corrected chi connectivity index (χ2v) is 7.70. The first kappa shape index (κ1) is 17.3. The van der Waals surface area contributed by atoms with Gasteiger partial charge in [-0.2, -0.15) is 4.31 Å². The number of carbonyl (C=O) groups excluding carboxylic acids is 1. The van der Waals surface area contributed by atoms with E-state index in [2.05, 4.69) is 5.32 Å². The van der Waals surface area contributed by atoms with Crippen molar-refractivity contribution in [2.45, 2.75) is 10.9 Å². The molecule has 2 fully saturated rings. The highest BCUT2D eigenvalue weighted by atomic mass is 32.2. The number of morpholine rings is 1. The largest absolute Gasteiger partial charge is 0.378 e. The summed E-state index contributed by atoms with van der Waals surface area (Å²) in [5.41, 5.74) is 0. The Hall–Kier alpha value is -1.55. The maximum atomic E-state index is 13.0. The van der Waals surface area contributed by atoms with Gasteiger partial charge in [-0.3, -0.25) is 4.79 Å². The van der Waals surface area contributed by atoms with Crippen molar-refractivity contribution in [3.63, 3.8) is 0 Å². The van der Waals surface area contributed by atoms with Crippen molar-refractivity contribution in [3.8, 4) is 0 Å². The van der Waals surface area contributed by atoms with E-state index in [4.69, 9.17) is 4.74 Å². The molecule has 1 aromatic carbocycles. The first-order valence-corrected chi connectivity index (χ1v) is 9.28. The van der Waals surface area contributed by atoms with Crippen LogP contribution in [0.3, 0.4) is 0 Å². The number of sulfonamides is 1. The van der Waals surface area contributed by atoms with Crippen LogP contribution < -0.4 is 5.32 Å². The topological polar surface area (TPSA) is 79.0 Å². The van der Waals surface area contributed by atoms with Crippen LogP contribution in [0, 0.1) is 5.82 Å². The van der Waals surface area contributed by atoms with Gasteiger partial charge in [0.1, 0.15) is 11.9 Å². The molecule has 24 heavy (non-hydrogen) atoms. The molecule has 0 bridgehead atoms. The van der Waals surface area contributed by atoms with Crippen LogP contribution in [0.25, 0.3) is 0 Å². The Morgan fingerprint density at radius 3 is 2.42 bits per heavy atom. The average Bonchev–Trinajstić information content (AvgIpc) is 2.62. The van der Waals surface area contributed by atoms with Crippen LogP contribution in [-0.2, 0) is 19.6 Å². The van der Waals surface area contributed by atoms with Gasteiger partial charge >= 0.3 is 0 Å². The zero-order valence-electron chi connectivity index (χ0n) is 13.2. The molecule has 0 radical (unpaired) electrons. The molecule has 1 N–H and O–H groups in total. The zero-order valence-corrected chi connectivity index (χ0v) is 14.0. The third-order valence-corrected chi connectivity index (χ3v) is 6.13. The Bertz CT molecular complexity index is 681. The van der Waals surface area contributed by atoms with Gasteiger partial charge in [0, 0.05) is 32.7 Å². The minimum absolute atomic E-state index is 0.0611. The smallest absolute Gasteiger partial charge is 0.243 e. The van der Waals surface area contributed by atoms with E-state index in [1.807, 2.05) is 0 Å². The maximum Gasteiger partial charge on any atom is 0.243 e. The summed E-state index contributed by atoms with van der Waals surface area (Å²) in [6.07, 6.45) is 0. The predicted molar refractivity (Wildman–Crippen MR) is 84.3 cm³/mol. The first-order valence-electron chi connectivity index (χ1n) is 7.84. The molecule has 9 heteroatoms. The van der Waals surface area contributed by atoms with E-state index in [-0.39, 0.29) is 29.9 Å². The number of nitrogens with one attached hydrogen (secondary N) is 1. The SMILES string of the molecule is O=C(C1COCCN1)N1CCN(S(=O)(=O)c2ccc(F)cc2)CC1. The molecule has 1 atom stereocenters. The van der Waals surface area contributed by atoms with Crippen LogP contribution >= 0.6 is 0 Å². The van der Waals surface area contributed by atoms with Crippen LogP contribution in [0.1, 0.15) is 0 Å². The average molecular weight is 357 g/mol. The van der Waals surface area contributed by atoms with Crippen molar-refractivity contribution in [2.75, 3.05) is 45.9 Å². The molecule has 2 saturated heterocycles. The summed E-state index contributed by atoms with van der Waals surface area (Å²) in [6.45, 7) is 2.67. The second kappa shape index (κ2) is 7.14. The van der Waals surface area contributed by atoms with Crippen LogP contribution in [0.5, 0.6) is 0 Å². The number of amides is 1. The fourth-order valence-corrected chi connectivity index (χ4v) is 4.27. The molecule has 3 rings (SSSR count). The summed E-state index contributed by atoms with van der Waals surface area (Å²) in [4.78, 5) is 14.1. The molecule has 0 aliphatic carbocycles. The molecule has 1 aromatic rings. The molecular formula is C15H20FN3O4S. The Kier molecular flexibility index (Phi) is 5.14. The van der Waals surface area contributed by atoms with Crippen molar-refractivity contribution in [3.05, 3.63) is 30.1 Å². The number of hydrogen-bond acceptors (Lipinski definition) is 5. The molecule has 0 aromatic heterocycles. The van der Waals surface area contributed by atoms with E-state index in [0.717, 1.165) is 12.1 Å². The summed E-state index contributed by atoms with van der Waals surface area (Å²) < 4.78 is 44.7. The van der Waals surface area contributed by atoms with Crippen LogP contribution in [-0.4, -0.2) is 75.5 Å². The standard InChI is InChI=1S/C15H20FN3O4S/c16-12-1-3-13(4-2-12)24(21,22)19-8-6-18(7-9-19)15(20)14-11-23-10-5-17-14/h1-4,14,17H,5-11H2. The highest BCUT2D eigenvalue weighted by molar-refractivity contribution is 7.89. The molecule has 0 saturated carbocycles. The van der Waals surface area contributed by atoms with Gasteiger partial charge in [-0.05, 0) is 24.3 Å². The van der Waals surface area contributed by atoms with Gasteiger partial charge in [0.2, 0.25) is 15.9 Å². The summed E-state index contributed by atoms with van der Waals surface area (Å²) in [5, 5.41) is 3.11. The molecular weight excluding hydrogens is 337 g/mol. The lowest BCUT2D eigenvalue weighted by Crippen LogP contribution is -2.57. The van der Waals surface area contributed by atoms with E-state index < -0.39 is 15.8 Å². The fraction of sp³-hybridized carbons (Fsp3) is 0.533. The number of rotatable bonds is 3. The number of halogens is 1.